The van der Waals surface area contributed by atoms with Crippen molar-refractivity contribution in [3.05, 3.63) is 35.0 Å². The fourth-order valence-corrected chi connectivity index (χ4v) is 3.44. The van der Waals surface area contributed by atoms with Crippen LogP contribution < -0.4 is 20.1 Å². The molecule has 0 radical (unpaired) electrons. The minimum absolute atomic E-state index is 0.0635. The van der Waals surface area contributed by atoms with Crippen molar-refractivity contribution in [1.29, 1.82) is 0 Å². The van der Waals surface area contributed by atoms with Gasteiger partial charge in [-0.25, -0.2) is 4.79 Å². The van der Waals surface area contributed by atoms with Crippen LogP contribution in [0.1, 0.15) is 38.3 Å². The topological polar surface area (TPSA) is 76.7 Å². The first-order valence-corrected chi connectivity index (χ1v) is 7.90. The summed E-state index contributed by atoms with van der Waals surface area (Å²) in [6, 6.07) is 4.65. The first-order valence-electron chi connectivity index (χ1n) is 7.90. The van der Waals surface area contributed by atoms with Gasteiger partial charge in [-0.05, 0) is 29.5 Å². The van der Waals surface area contributed by atoms with Crippen LogP contribution in [-0.4, -0.2) is 26.0 Å². The van der Waals surface area contributed by atoms with Crippen molar-refractivity contribution in [2.75, 3.05) is 14.2 Å². The van der Waals surface area contributed by atoms with Gasteiger partial charge in [0.1, 0.15) is 0 Å². The minimum atomic E-state index is -0.475. The number of Topliss-reactive ketones (excluding diaryl/α,β-unsaturated/α-hetero) is 1. The largest absolute Gasteiger partial charge is 0.493 e. The number of hydrogen-bond acceptors (Lipinski definition) is 4. The highest BCUT2D eigenvalue weighted by atomic mass is 16.5. The number of carbonyl (C=O) groups is 2. The number of allylic oxidation sites excluding steroid dienone is 1. The van der Waals surface area contributed by atoms with Crippen molar-refractivity contribution in [3.63, 3.8) is 0 Å². The van der Waals surface area contributed by atoms with Gasteiger partial charge in [0.25, 0.3) is 0 Å². The summed E-state index contributed by atoms with van der Waals surface area (Å²) in [5.41, 5.74) is 2.01. The number of methoxy groups -OCH3 is 2. The molecule has 6 heteroatoms. The van der Waals surface area contributed by atoms with Gasteiger partial charge in [-0.1, -0.05) is 19.9 Å². The SMILES string of the molecule is COc1ccc([C@H]2NC(=O)NC3=C2C(=O)CC(C)(C)C3)cc1OC. The van der Waals surface area contributed by atoms with Gasteiger partial charge in [0.05, 0.1) is 20.3 Å². The van der Waals surface area contributed by atoms with Crippen LogP contribution in [0, 0.1) is 5.41 Å². The van der Waals surface area contributed by atoms with E-state index < -0.39 is 6.04 Å². The third kappa shape index (κ3) is 2.84. The molecule has 1 atom stereocenters. The van der Waals surface area contributed by atoms with Crippen LogP contribution in [0.2, 0.25) is 0 Å². The lowest BCUT2D eigenvalue weighted by Gasteiger charge is -2.38. The maximum absolute atomic E-state index is 12.7. The molecule has 2 aliphatic rings. The Kier molecular flexibility index (Phi) is 3.99. The number of ether oxygens (including phenoxy) is 2. The van der Waals surface area contributed by atoms with E-state index in [0.29, 0.717) is 29.9 Å². The number of carbonyl (C=O) groups excluding carboxylic acids is 2. The molecule has 1 aromatic rings. The summed E-state index contributed by atoms with van der Waals surface area (Å²) in [4.78, 5) is 24.8. The number of urea groups is 1. The van der Waals surface area contributed by atoms with Gasteiger partial charge >= 0.3 is 6.03 Å². The molecule has 0 saturated heterocycles. The highest BCUT2D eigenvalue weighted by Gasteiger charge is 2.40. The van der Waals surface area contributed by atoms with E-state index in [0.717, 1.165) is 11.3 Å². The predicted molar refractivity (Wildman–Crippen MR) is 89.0 cm³/mol. The van der Waals surface area contributed by atoms with Gasteiger partial charge in [-0.15, -0.1) is 0 Å². The van der Waals surface area contributed by atoms with Crippen molar-refractivity contribution in [2.45, 2.75) is 32.7 Å². The van der Waals surface area contributed by atoms with Crippen LogP contribution >= 0.6 is 0 Å². The summed E-state index contributed by atoms with van der Waals surface area (Å²) < 4.78 is 10.6. The highest BCUT2D eigenvalue weighted by molar-refractivity contribution is 6.01. The number of amides is 2. The zero-order valence-corrected chi connectivity index (χ0v) is 14.4. The summed E-state index contributed by atoms with van der Waals surface area (Å²) >= 11 is 0. The maximum atomic E-state index is 12.7. The van der Waals surface area contributed by atoms with Crippen molar-refractivity contribution >= 4 is 11.8 Å². The monoisotopic (exact) mass is 330 g/mol. The Labute approximate surface area is 141 Å². The summed E-state index contributed by atoms with van der Waals surface area (Å²) in [5.74, 6) is 1.23. The normalized spacial score (nSPS) is 22.4. The van der Waals surface area contributed by atoms with Gasteiger partial charge in [-0.2, -0.15) is 0 Å². The van der Waals surface area contributed by atoms with Gasteiger partial charge in [-0.3, -0.25) is 4.79 Å². The van der Waals surface area contributed by atoms with E-state index in [4.69, 9.17) is 9.47 Å². The molecule has 2 amide bonds. The first-order chi connectivity index (χ1) is 11.3. The van der Waals surface area contributed by atoms with Crippen LogP contribution in [-0.2, 0) is 4.79 Å². The predicted octanol–water partition coefficient (Wildman–Crippen LogP) is 2.70. The van der Waals surface area contributed by atoms with Crippen molar-refractivity contribution in [3.8, 4) is 11.5 Å². The molecule has 0 spiro atoms. The molecule has 0 saturated carbocycles. The Bertz CT molecular complexity index is 737. The summed E-state index contributed by atoms with van der Waals surface area (Å²) in [6.45, 7) is 4.07. The average Bonchev–Trinajstić information content (AvgIpc) is 2.51. The van der Waals surface area contributed by atoms with E-state index in [-0.39, 0.29) is 17.2 Å². The van der Waals surface area contributed by atoms with Crippen LogP contribution in [0.25, 0.3) is 0 Å². The molecule has 0 bridgehead atoms. The second kappa shape index (κ2) is 5.85. The lowest BCUT2D eigenvalue weighted by Crippen LogP contribution is -2.48. The molecule has 1 aromatic carbocycles. The van der Waals surface area contributed by atoms with Crippen molar-refractivity contribution in [1.82, 2.24) is 10.6 Å². The second-order valence-electron chi connectivity index (χ2n) is 6.98. The lowest BCUT2D eigenvalue weighted by molar-refractivity contribution is -0.118. The molecule has 1 aliphatic heterocycles. The fraction of sp³-hybridized carbons (Fsp3) is 0.444. The molecule has 3 rings (SSSR count). The summed E-state index contributed by atoms with van der Waals surface area (Å²) in [6.07, 6.45) is 1.14. The van der Waals surface area contributed by atoms with Crippen LogP contribution in [0.3, 0.4) is 0 Å². The molecule has 0 unspecified atom stereocenters. The van der Waals surface area contributed by atoms with E-state index in [1.807, 2.05) is 19.9 Å². The maximum Gasteiger partial charge on any atom is 0.319 e. The molecule has 1 aliphatic carbocycles. The Morgan fingerprint density at radius 3 is 2.46 bits per heavy atom. The molecule has 0 fully saturated rings. The van der Waals surface area contributed by atoms with E-state index in [1.54, 1.807) is 26.4 Å². The van der Waals surface area contributed by atoms with E-state index in [9.17, 15) is 9.59 Å². The van der Waals surface area contributed by atoms with Crippen LogP contribution in [0.4, 0.5) is 4.79 Å². The standard InChI is InChI=1S/C18H22N2O4/c1-18(2)8-11-15(12(21)9-18)16(20-17(22)19-11)10-5-6-13(23-3)14(7-10)24-4/h5-7,16H,8-9H2,1-4H3,(H2,19,20,22)/t16-/m1/s1. The van der Waals surface area contributed by atoms with Crippen LogP contribution in [0.5, 0.6) is 11.5 Å². The Hall–Kier alpha value is -2.50. The fourth-order valence-electron chi connectivity index (χ4n) is 3.44. The van der Waals surface area contributed by atoms with Gasteiger partial charge in [0.15, 0.2) is 17.3 Å². The Morgan fingerprint density at radius 1 is 1.08 bits per heavy atom. The molecular weight excluding hydrogens is 308 g/mol. The molecule has 2 N–H and O–H groups in total. The third-order valence-electron chi connectivity index (χ3n) is 4.49. The number of nitrogens with one attached hydrogen (secondary N) is 2. The third-order valence-corrected chi connectivity index (χ3v) is 4.49. The zero-order chi connectivity index (χ0) is 17.5. The summed E-state index contributed by atoms with van der Waals surface area (Å²) in [5, 5.41) is 5.66. The van der Waals surface area contributed by atoms with E-state index >= 15 is 0 Å². The summed E-state index contributed by atoms with van der Waals surface area (Å²) in [7, 11) is 3.12. The number of hydrogen-bond donors (Lipinski definition) is 2. The molecule has 1 heterocycles. The van der Waals surface area contributed by atoms with Crippen molar-refractivity contribution in [2.24, 2.45) is 5.41 Å². The van der Waals surface area contributed by atoms with Gasteiger partial charge in [0.2, 0.25) is 0 Å². The number of ketones is 1. The molecule has 6 nitrogen and oxygen atoms in total. The van der Waals surface area contributed by atoms with Gasteiger partial charge in [0, 0.05) is 17.7 Å². The average molecular weight is 330 g/mol. The Morgan fingerprint density at radius 2 is 1.79 bits per heavy atom. The minimum Gasteiger partial charge on any atom is -0.493 e. The molecular formula is C18H22N2O4. The highest BCUT2D eigenvalue weighted by Crippen LogP contribution is 2.42. The first kappa shape index (κ1) is 16.4. The quantitative estimate of drug-likeness (QED) is 0.893. The van der Waals surface area contributed by atoms with Gasteiger partial charge < -0.3 is 20.1 Å². The van der Waals surface area contributed by atoms with Crippen molar-refractivity contribution < 1.29 is 19.1 Å². The second-order valence-corrected chi connectivity index (χ2v) is 6.98. The van der Waals surface area contributed by atoms with Crippen LogP contribution in [0.15, 0.2) is 29.5 Å². The molecule has 0 aromatic heterocycles. The Balaban J connectivity index is 2.07. The molecule has 24 heavy (non-hydrogen) atoms. The lowest BCUT2D eigenvalue weighted by atomic mass is 9.73. The zero-order valence-electron chi connectivity index (χ0n) is 14.4. The smallest absolute Gasteiger partial charge is 0.319 e. The number of rotatable bonds is 3. The number of benzene rings is 1. The molecule has 128 valence electrons. The van der Waals surface area contributed by atoms with E-state index in [2.05, 4.69) is 10.6 Å². The van der Waals surface area contributed by atoms with E-state index in [1.165, 1.54) is 0 Å².